The molecule has 2 aliphatic rings. The van der Waals surface area contributed by atoms with E-state index in [-0.39, 0.29) is 17.2 Å². The van der Waals surface area contributed by atoms with Crippen molar-refractivity contribution >= 4 is 28.9 Å². The number of anilines is 2. The molecule has 3 N–H and O–H groups in total. The number of nitrogens with zero attached hydrogens (tertiary/aromatic N) is 3. The van der Waals surface area contributed by atoms with Gasteiger partial charge in [-0.2, -0.15) is 0 Å². The summed E-state index contributed by atoms with van der Waals surface area (Å²) >= 11 is 6.26. The Balaban J connectivity index is 1.60. The Labute approximate surface area is 154 Å². The predicted octanol–water partition coefficient (Wildman–Crippen LogP) is 3.28. The van der Waals surface area contributed by atoms with Crippen LogP contribution < -0.4 is 10.6 Å². The topological polar surface area (TPSA) is 69.2 Å². The molecule has 4 rings (SSSR count). The Morgan fingerprint density at radius 3 is 2.69 bits per heavy atom. The Kier molecular flexibility index (Phi) is 3.99. The summed E-state index contributed by atoms with van der Waals surface area (Å²) in [5.41, 5.74) is 6.76. The van der Waals surface area contributed by atoms with Crippen molar-refractivity contribution in [2.24, 2.45) is 0 Å². The van der Waals surface area contributed by atoms with Crippen LogP contribution in [0.2, 0.25) is 5.02 Å². The smallest absolute Gasteiger partial charge is 0.168 e. The Morgan fingerprint density at radius 1 is 1.27 bits per heavy atom. The quantitative estimate of drug-likeness (QED) is 0.479. The summed E-state index contributed by atoms with van der Waals surface area (Å²) in [5, 5.41) is 9.09. The summed E-state index contributed by atoms with van der Waals surface area (Å²) in [6.45, 7) is 1.52. The minimum absolute atomic E-state index is 0.154. The number of amidine groups is 1. The van der Waals surface area contributed by atoms with Gasteiger partial charge in [-0.3, -0.25) is 5.41 Å². The number of pyridine rings is 1. The van der Waals surface area contributed by atoms with Gasteiger partial charge in [0.15, 0.2) is 11.6 Å². The maximum Gasteiger partial charge on any atom is 0.168 e. The van der Waals surface area contributed by atoms with Crippen LogP contribution in [0.25, 0.3) is 0 Å². The van der Waals surface area contributed by atoms with Crippen molar-refractivity contribution < 1.29 is 8.78 Å². The van der Waals surface area contributed by atoms with Gasteiger partial charge >= 0.3 is 0 Å². The van der Waals surface area contributed by atoms with Crippen molar-refractivity contribution in [1.82, 2.24) is 9.88 Å². The third-order valence-corrected chi connectivity index (χ3v) is 5.43. The molecule has 1 aliphatic carbocycles. The predicted molar refractivity (Wildman–Crippen MR) is 97.7 cm³/mol. The van der Waals surface area contributed by atoms with Crippen molar-refractivity contribution in [1.29, 1.82) is 5.41 Å². The average Bonchev–Trinajstić information content (AvgIpc) is 3.34. The van der Waals surface area contributed by atoms with E-state index in [1.54, 1.807) is 18.2 Å². The number of nitrogen functional groups attached to an aromatic ring is 1. The van der Waals surface area contributed by atoms with E-state index in [0.717, 1.165) is 25.1 Å². The van der Waals surface area contributed by atoms with Crippen LogP contribution in [-0.2, 0) is 0 Å². The molecule has 8 heteroatoms. The number of nitrogens with one attached hydrogen (secondary N) is 1. The molecule has 26 heavy (non-hydrogen) atoms. The van der Waals surface area contributed by atoms with Crippen LogP contribution in [0.1, 0.15) is 18.4 Å². The molecule has 2 aromatic rings. The van der Waals surface area contributed by atoms with Crippen LogP contribution in [0, 0.1) is 17.0 Å². The lowest BCUT2D eigenvalue weighted by molar-refractivity contribution is 0.257. The van der Waals surface area contributed by atoms with E-state index in [9.17, 15) is 8.78 Å². The minimum atomic E-state index is -0.693. The highest BCUT2D eigenvalue weighted by Gasteiger charge is 2.53. The van der Waals surface area contributed by atoms with E-state index in [0.29, 0.717) is 35.9 Å². The standard InChI is InChI=1S/C18H18ClF2N5/c19-12-2-1-3-14(22)15(12)16(23)26-7-6-25(10-18(26)4-5-18)17-13(21)8-11(20)9-24-17/h1-3,8-9,23H,4-7,10,22H2. The minimum Gasteiger partial charge on any atom is -0.398 e. The Bertz CT molecular complexity index is 864. The van der Waals surface area contributed by atoms with Crippen molar-refractivity contribution in [3.05, 3.63) is 52.7 Å². The molecule has 0 atom stereocenters. The summed E-state index contributed by atoms with van der Waals surface area (Å²) in [6, 6.07) is 6.04. The maximum atomic E-state index is 14.1. The number of aromatic nitrogens is 1. The monoisotopic (exact) mass is 377 g/mol. The van der Waals surface area contributed by atoms with Gasteiger partial charge in [0.2, 0.25) is 0 Å². The Morgan fingerprint density at radius 2 is 2.04 bits per heavy atom. The highest BCUT2D eigenvalue weighted by Crippen LogP contribution is 2.46. The van der Waals surface area contributed by atoms with Gasteiger partial charge in [0.1, 0.15) is 11.7 Å². The van der Waals surface area contributed by atoms with Gasteiger partial charge < -0.3 is 15.5 Å². The number of halogens is 3. The van der Waals surface area contributed by atoms with Gasteiger partial charge in [0.05, 0.1) is 22.3 Å². The fraction of sp³-hybridized carbons (Fsp3) is 0.333. The van der Waals surface area contributed by atoms with Crippen LogP contribution in [-0.4, -0.2) is 40.9 Å². The van der Waals surface area contributed by atoms with Gasteiger partial charge in [-0.15, -0.1) is 0 Å². The summed E-state index contributed by atoms with van der Waals surface area (Å²) in [6.07, 6.45) is 2.80. The molecule has 0 unspecified atom stereocenters. The van der Waals surface area contributed by atoms with Gasteiger partial charge in [0.25, 0.3) is 0 Å². The molecule has 1 spiro atoms. The lowest BCUT2D eigenvalue weighted by Crippen LogP contribution is -2.57. The number of hydrogen-bond acceptors (Lipinski definition) is 4. The van der Waals surface area contributed by atoms with E-state index in [2.05, 4.69) is 4.98 Å². The summed E-state index contributed by atoms with van der Waals surface area (Å²) in [7, 11) is 0. The number of rotatable bonds is 2. The van der Waals surface area contributed by atoms with Crippen LogP contribution in [0.3, 0.4) is 0 Å². The van der Waals surface area contributed by atoms with E-state index < -0.39 is 11.6 Å². The zero-order valence-electron chi connectivity index (χ0n) is 14.0. The fourth-order valence-electron chi connectivity index (χ4n) is 3.65. The molecule has 2 heterocycles. The molecule has 1 aromatic carbocycles. The lowest BCUT2D eigenvalue weighted by Gasteiger charge is -2.44. The van der Waals surface area contributed by atoms with E-state index in [1.165, 1.54) is 0 Å². The van der Waals surface area contributed by atoms with Gasteiger partial charge in [0, 0.05) is 31.4 Å². The van der Waals surface area contributed by atoms with Crippen molar-refractivity contribution in [2.45, 2.75) is 18.4 Å². The average molecular weight is 378 g/mol. The number of nitrogens with two attached hydrogens (primary N) is 1. The number of benzene rings is 1. The molecule has 0 amide bonds. The van der Waals surface area contributed by atoms with Crippen LogP contribution >= 0.6 is 11.6 Å². The van der Waals surface area contributed by atoms with Gasteiger partial charge in [-0.1, -0.05) is 17.7 Å². The summed E-state index contributed by atoms with van der Waals surface area (Å²) in [5.74, 6) is -0.916. The van der Waals surface area contributed by atoms with Crippen molar-refractivity contribution in [3.63, 3.8) is 0 Å². The third kappa shape index (κ3) is 2.76. The van der Waals surface area contributed by atoms with E-state index in [4.69, 9.17) is 22.7 Å². The van der Waals surface area contributed by atoms with Crippen molar-refractivity contribution in [2.75, 3.05) is 30.3 Å². The molecule has 0 bridgehead atoms. The molecular weight excluding hydrogens is 360 g/mol. The number of piperazine rings is 1. The summed E-state index contributed by atoms with van der Waals surface area (Å²) < 4.78 is 27.2. The second kappa shape index (κ2) is 6.09. The highest BCUT2D eigenvalue weighted by molar-refractivity contribution is 6.34. The zero-order valence-corrected chi connectivity index (χ0v) is 14.7. The molecule has 5 nitrogen and oxygen atoms in total. The lowest BCUT2D eigenvalue weighted by atomic mass is 10.1. The first-order valence-corrected chi connectivity index (χ1v) is 8.76. The molecule has 1 aromatic heterocycles. The SMILES string of the molecule is N=C(c1c(N)cccc1Cl)N1CCN(c2ncc(F)cc2F)CC12CC2. The first kappa shape index (κ1) is 17.0. The van der Waals surface area contributed by atoms with Gasteiger partial charge in [-0.25, -0.2) is 13.8 Å². The first-order valence-electron chi connectivity index (χ1n) is 8.38. The van der Waals surface area contributed by atoms with Crippen LogP contribution in [0.5, 0.6) is 0 Å². The second-order valence-corrected chi connectivity index (χ2v) is 7.22. The Hall–Kier alpha value is -2.41. The molecule has 0 radical (unpaired) electrons. The molecule has 1 saturated carbocycles. The third-order valence-electron chi connectivity index (χ3n) is 5.12. The van der Waals surface area contributed by atoms with Crippen LogP contribution in [0.4, 0.5) is 20.3 Å². The summed E-state index contributed by atoms with van der Waals surface area (Å²) in [4.78, 5) is 7.74. The fourth-order valence-corrected chi connectivity index (χ4v) is 3.92. The number of hydrogen-bond donors (Lipinski definition) is 2. The largest absolute Gasteiger partial charge is 0.398 e. The maximum absolute atomic E-state index is 14.1. The van der Waals surface area contributed by atoms with Crippen molar-refractivity contribution in [3.8, 4) is 0 Å². The van der Waals surface area contributed by atoms with E-state index >= 15 is 0 Å². The first-order chi connectivity index (χ1) is 12.4. The molecule has 1 aliphatic heterocycles. The second-order valence-electron chi connectivity index (χ2n) is 6.81. The normalized spacial score (nSPS) is 18.3. The van der Waals surface area contributed by atoms with E-state index in [1.807, 2.05) is 9.80 Å². The van der Waals surface area contributed by atoms with Gasteiger partial charge in [-0.05, 0) is 25.0 Å². The highest BCUT2D eigenvalue weighted by atomic mass is 35.5. The van der Waals surface area contributed by atoms with Crippen LogP contribution in [0.15, 0.2) is 30.5 Å². The molecule has 1 saturated heterocycles. The zero-order chi connectivity index (χ0) is 18.5. The molecule has 136 valence electrons. The molecule has 2 fully saturated rings. The molecular formula is C18H18ClF2N5.